The van der Waals surface area contributed by atoms with Gasteiger partial charge in [0.05, 0.1) is 0 Å². The summed E-state index contributed by atoms with van der Waals surface area (Å²) in [5.41, 5.74) is 0.459. The molecule has 2 fully saturated rings. The maximum absolute atomic E-state index is 12.2. The van der Waals surface area contributed by atoms with Crippen LogP contribution in [0.5, 0.6) is 0 Å². The minimum Gasteiger partial charge on any atom is -0.360 e. The number of hydrogen-bond donors (Lipinski definition) is 1. The molecule has 1 aromatic rings. The SMILES string of the molecule is C[C@H]1CNCCN1C(=O)c1cc(C2CC2)on1. The molecule has 1 saturated carbocycles. The molecular formula is C12H17N3O2. The molecule has 0 radical (unpaired) electrons. The Balaban J connectivity index is 1.75. The van der Waals surface area contributed by atoms with E-state index in [4.69, 9.17) is 4.52 Å². The lowest BCUT2D eigenvalue weighted by atomic mass is 10.2. The van der Waals surface area contributed by atoms with E-state index in [2.05, 4.69) is 10.5 Å². The first kappa shape index (κ1) is 10.8. The molecule has 0 unspecified atom stereocenters. The first-order chi connectivity index (χ1) is 8.25. The fourth-order valence-electron chi connectivity index (χ4n) is 2.24. The third-order valence-electron chi connectivity index (χ3n) is 3.49. The number of amides is 1. The topological polar surface area (TPSA) is 58.4 Å². The number of rotatable bonds is 2. The Morgan fingerprint density at radius 2 is 2.41 bits per heavy atom. The van der Waals surface area contributed by atoms with Crippen LogP contribution in [0.2, 0.25) is 0 Å². The van der Waals surface area contributed by atoms with E-state index in [-0.39, 0.29) is 11.9 Å². The highest BCUT2D eigenvalue weighted by molar-refractivity contribution is 5.92. The van der Waals surface area contributed by atoms with Gasteiger partial charge in [0.2, 0.25) is 0 Å². The summed E-state index contributed by atoms with van der Waals surface area (Å²) < 4.78 is 5.22. The predicted octanol–water partition coefficient (Wildman–Crippen LogP) is 0.986. The van der Waals surface area contributed by atoms with Crippen LogP contribution < -0.4 is 5.32 Å². The summed E-state index contributed by atoms with van der Waals surface area (Å²) in [6.45, 7) is 4.49. The zero-order valence-corrected chi connectivity index (χ0v) is 9.98. The summed E-state index contributed by atoms with van der Waals surface area (Å²) in [4.78, 5) is 14.1. The van der Waals surface area contributed by atoms with Gasteiger partial charge in [0, 0.05) is 37.7 Å². The Morgan fingerprint density at radius 3 is 3.12 bits per heavy atom. The van der Waals surface area contributed by atoms with Gasteiger partial charge in [-0.1, -0.05) is 5.16 Å². The minimum atomic E-state index is -0.00495. The van der Waals surface area contributed by atoms with E-state index in [1.165, 1.54) is 0 Å². The van der Waals surface area contributed by atoms with Crippen LogP contribution in [-0.2, 0) is 0 Å². The minimum absolute atomic E-state index is 0.00495. The summed E-state index contributed by atoms with van der Waals surface area (Å²) in [6, 6.07) is 2.03. The van der Waals surface area contributed by atoms with Crippen LogP contribution in [-0.4, -0.2) is 41.6 Å². The molecule has 1 amide bonds. The summed E-state index contributed by atoms with van der Waals surface area (Å²) >= 11 is 0. The van der Waals surface area contributed by atoms with E-state index in [9.17, 15) is 4.79 Å². The molecule has 1 saturated heterocycles. The van der Waals surface area contributed by atoms with E-state index in [0.29, 0.717) is 11.6 Å². The lowest BCUT2D eigenvalue weighted by molar-refractivity contribution is 0.0645. The zero-order chi connectivity index (χ0) is 11.8. The van der Waals surface area contributed by atoms with Crippen LogP contribution in [0.1, 0.15) is 41.9 Å². The summed E-state index contributed by atoms with van der Waals surface area (Å²) in [5.74, 6) is 1.37. The van der Waals surface area contributed by atoms with Crippen LogP contribution in [0.15, 0.2) is 10.6 Å². The Labute approximate surface area is 100 Å². The van der Waals surface area contributed by atoms with E-state index in [1.54, 1.807) is 0 Å². The number of piperazine rings is 1. The third-order valence-corrected chi connectivity index (χ3v) is 3.49. The van der Waals surface area contributed by atoms with Gasteiger partial charge in [0.15, 0.2) is 5.69 Å². The Kier molecular flexibility index (Phi) is 2.63. The monoisotopic (exact) mass is 235 g/mol. The van der Waals surface area contributed by atoms with Gasteiger partial charge in [-0.05, 0) is 19.8 Å². The van der Waals surface area contributed by atoms with E-state index >= 15 is 0 Å². The van der Waals surface area contributed by atoms with Crippen molar-refractivity contribution in [2.45, 2.75) is 31.7 Å². The van der Waals surface area contributed by atoms with Crippen LogP contribution >= 0.6 is 0 Å². The number of nitrogens with one attached hydrogen (secondary N) is 1. The van der Waals surface area contributed by atoms with Crippen molar-refractivity contribution in [3.63, 3.8) is 0 Å². The van der Waals surface area contributed by atoms with Crippen molar-refractivity contribution >= 4 is 5.91 Å². The Bertz CT molecular complexity index is 425. The smallest absolute Gasteiger partial charge is 0.276 e. The van der Waals surface area contributed by atoms with Crippen molar-refractivity contribution in [2.75, 3.05) is 19.6 Å². The average molecular weight is 235 g/mol. The molecule has 1 atom stereocenters. The molecule has 0 bridgehead atoms. The largest absolute Gasteiger partial charge is 0.360 e. The summed E-state index contributed by atoms with van der Waals surface area (Å²) in [7, 11) is 0. The maximum atomic E-state index is 12.2. The van der Waals surface area contributed by atoms with Gasteiger partial charge in [-0.25, -0.2) is 0 Å². The molecule has 17 heavy (non-hydrogen) atoms. The van der Waals surface area contributed by atoms with Gasteiger partial charge in [0.25, 0.3) is 5.91 Å². The quantitative estimate of drug-likeness (QED) is 0.830. The molecule has 3 rings (SSSR count). The van der Waals surface area contributed by atoms with Crippen molar-refractivity contribution in [3.05, 3.63) is 17.5 Å². The first-order valence-electron chi connectivity index (χ1n) is 6.24. The van der Waals surface area contributed by atoms with Crippen molar-refractivity contribution < 1.29 is 9.32 Å². The highest BCUT2D eigenvalue weighted by atomic mass is 16.5. The molecule has 5 heteroatoms. The van der Waals surface area contributed by atoms with Crippen molar-refractivity contribution in [1.82, 2.24) is 15.4 Å². The van der Waals surface area contributed by atoms with Gasteiger partial charge >= 0.3 is 0 Å². The lowest BCUT2D eigenvalue weighted by Gasteiger charge is -2.33. The highest BCUT2D eigenvalue weighted by Crippen LogP contribution is 2.40. The van der Waals surface area contributed by atoms with Crippen molar-refractivity contribution in [1.29, 1.82) is 0 Å². The van der Waals surface area contributed by atoms with Gasteiger partial charge < -0.3 is 14.7 Å². The molecule has 1 aliphatic carbocycles. The highest BCUT2D eigenvalue weighted by Gasteiger charge is 2.31. The first-order valence-corrected chi connectivity index (χ1v) is 6.24. The predicted molar refractivity (Wildman–Crippen MR) is 61.8 cm³/mol. The molecule has 92 valence electrons. The van der Waals surface area contributed by atoms with E-state index in [1.807, 2.05) is 17.9 Å². The van der Waals surface area contributed by atoms with Crippen molar-refractivity contribution in [3.8, 4) is 0 Å². The lowest BCUT2D eigenvalue weighted by Crippen LogP contribution is -2.52. The zero-order valence-electron chi connectivity index (χ0n) is 9.98. The van der Waals surface area contributed by atoms with Gasteiger partial charge in [-0.3, -0.25) is 4.79 Å². The van der Waals surface area contributed by atoms with E-state index < -0.39 is 0 Å². The molecule has 0 spiro atoms. The fourth-order valence-corrected chi connectivity index (χ4v) is 2.24. The number of nitrogens with zero attached hydrogens (tertiary/aromatic N) is 2. The van der Waals surface area contributed by atoms with Gasteiger partial charge in [-0.15, -0.1) is 0 Å². The van der Waals surface area contributed by atoms with Gasteiger partial charge in [0.1, 0.15) is 5.76 Å². The molecule has 1 aliphatic heterocycles. The second kappa shape index (κ2) is 4.14. The Hall–Kier alpha value is -1.36. The number of aromatic nitrogens is 1. The second-order valence-corrected chi connectivity index (χ2v) is 4.94. The maximum Gasteiger partial charge on any atom is 0.276 e. The van der Waals surface area contributed by atoms with Crippen LogP contribution in [0.3, 0.4) is 0 Å². The van der Waals surface area contributed by atoms with E-state index in [0.717, 1.165) is 38.2 Å². The van der Waals surface area contributed by atoms with Crippen LogP contribution in [0.4, 0.5) is 0 Å². The number of carbonyl (C=O) groups is 1. The molecule has 1 aromatic heterocycles. The number of hydrogen-bond acceptors (Lipinski definition) is 4. The average Bonchev–Trinajstić information content (AvgIpc) is 3.07. The fraction of sp³-hybridized carbons (Fsp3) is 0.667. The summed E-state index contributed by atoms with van der Waals surface area (Å²) in [6.07, 6.45) is 2.32. The van der Waals surface area contributed by atoms with Crippen molar-refractivity contribution in [2.24, 2.45) is 0 Å². The molecule has 0 aromatic carbocycles. The summed E-state index contributed by atoms with van der Waals surface area (Å²) in [5, 5.41) is 7.17. The molecular weight excluding hydrogens is 218 g/mol. The Morgan fingerprint density at radius 1 is 1.59 bits per heavy atom. The van der Waals surface area contributed by atoms with Crippen LogP contribution in [0.25, 0.3) is 0 Å². The standard InChI is InChI=1S/C12H17N3O2/c1-8-7-13-4-5-15(8)12(16)10-6-11(17-14-10)9-2-3-9/h6,8-9,13H,2-5,7H2,1H3/t8-/m0/s1. The van der Waals surface area contributed by atoms with Crippen LogP contribution in [0, 0.1) is 0 Å². The molecule has 1 N–H and O–H groups in total. The molecule has 5 nitrogen and oxygen atoms in total. The normalized spacial score (nSPS) is 25.0. The van der Waals surface area contributed by atoms with Gasteiger partial charge in [-0.2, -0.15) is 0 Å². The number of carbonyl (C=O) groups excluding carboxylic acids is 1. The second-order valence-electron chi connectivity index (χ2n) is 4.94. The third kappa shape index (κ3) is 2.07. The molecule has 2 aliphatic rings. The molecule has 2 heterocycles.